The van der Waals surface area contributed by atoms with E-state index < -0.39 is 17.7 Å². The first-order chi connectivity index (χ1) is 15.5. The molecule has 0 spiro atoms. The molecule has 8 nitrogen and oxygen atoms in total. The minimum atomic E-state index is -1.23. The summed E-state index contributed by atoms with van der Waals surface area (Å²) in [6.07, 6.45) is 7.12. The number of fused-ring (bicyclic) bond motifs is 1. The third kappa shape index (κ3) is 3.30. The Kier molecular flexibility index (Phi) is 4.73. The summed E-state index contributed by atoms with van der Waals surface area (Å²) in [7, 11) is 1.61. The highest BCUT2D eigenvalue weighted by Crippen LogP contribution is 2.29. The number of allylic oxidation sites excluding steroid dienone is 3. The van der Waals surface area contributed by atoms with E-state index in [0.29, 0.717) is 5.56 Å². The molecule has 3 N–H and O–H groups in total. The molecule has 0 bridgehead atoms. The first kappa shape index (κ1) is 19.6. The molecule has 0 radical (unpaired) electrons. The number of nitrogens with zero attached hydrogens (tertiary/aromatic N) is 6. The fourth-order valence-electron chi connectivity index (χ4n) is 3.48. The summed E-state index contributed by atoms with van der Waals surface area (Å²) in [4.78, 5) is 12.9. The average Bonchev–Trinajstić information content (AvgIpc) is 3.11. The van der Waals surface area contributed by atoms with Crippen molar-refractivity contribution in [3.8, 4) is 23.0 Å². The molecular weight excluding hydrogens is 414 g/mol. The number of pyridine rings is 1. The largest absolute Gasteiger partial charge is 0.383 e. The molecule has 0 saturated heterocycles. The molecule has 1 aromatic carbocycles. The molecule has 0 amide bonds. The Hall–Kier alpha value is -4.36. The van der Waals surface area contributed by atoms with Gasteiger partial charge >= 0.3 is 0 Å². The number of nitrogen functional groups attached to an aromatic ring is 1. The predicted octanol–water partition coefficient (Wildman–Crippen LogP) is 2.70. The van der Waals surface area contributed by atoms with Crippen LogP contribution in [0.25, 0.3) is 22.2 Å². The lowest BCUT2D eigenvalue weighted by Gasteiger charge is -2.30. The number of hydrogen-bond acceptors (Lipinski definition) is 8. The van der Waals surface area contributed by atoms with Crippen LogP contribution in [0.5, 0.6) is 0 Å². The Labute approximate surface area is 181 Å². The van der Waals surface area contributed by atoms with Gasteiger partial charge in [-0.15, -0.1) is 10.2 Å². The normalized spacial score (nSPS) is 18.3. The SMILES string of the molecule is CN1NN=C(c2cc(-c3ccc4nccnc4c3)cnc2N)N1C1C#CC=CC(F)=C1F. The van der Waals surface area contributed by atoms with E-state index in [4.69, 9.17) is 5.73 Å². The Bertz CT molecular complexity index is 1390. The summed E-state index contributed by atoms with van der Waals surface area (Å²) >= 11 is 0. The number of nitrogens with one attached hydrogen (secondary N) is 1. The van der Waals surface area contributed by atoms with Gasteiger partial charge in [0.1, 0.15) is 5.82 Å². The number of hydrazone groups is 1. The lowest BCUT2D eigenvalue weighted by Crippen LogP contribution is -2.49. The van der Waals surface area contributed by atoms with Gasteiger partial charge in [0.2, 0.25) is 0 Å². The molecule has 10 heteroatoms. The van der Waals surface area contributed by atoms with Crippen LogP contribution in [0.1, 0.15) is 5.56 Å². The number of halogens is 2. The van der Waals surface area contributed by atoms with Crippen LogP contribution in [-0.4, -0.2) is 44.0 Å². The number of nitrogens with two attached hydrogens (primary N) is 1. The van der Waals surface area contributed by atoms with Crippen LogP contribution in [0.15, 0.2) is 71.8 Å². The highest BCUT2D eigenvalue weighted by Gasteiger charge is 2.36. The van der Waals surface area contributed by atoms with Crippen molar-refractivity contribution in [3.05, 3.63) is 72.2 Å². The molecule has 1 aliphatic heterocycles. The third-order valence-corrected chi connectivity index (χ3v) is 5.05. The molecule has 1 aliphatic carbocycles. The number of benzene rings is 1. The monoisotopic (exact) mass is 430 g/mol. The van der Waals surface area contributed by atoms with Crippen LogP contribution in [0.3, 0.4) is 0 Å². The van der Waals surface area contributed by atoms with Crippen molar-refractivity contribution < 1.29 is 8.78 Å². The first-order valence-corrected chi connectivity index (χ1v) is 9.59. The molecular formula is C22H16F2N8. The second kappa shape index (κ2) is 7.72. The summed E-state index contributed by atoms with van der Waals surface area (Å²) in [5, 5.41) is 7.05. The van der Waals surface area contributed by atoms with Crippen molar-refractivity contribution in [2.75, 3.05) is 12.8 Å². The van der Waals surface area contributed by atoms with Gasteiger partial charge in [0.15, 0.2) is 23.5 Å². The van der Waals surface area contributed by atoms with Crippen molar-refractivity contribution in [1.29, 1.82) is 0 Å². The summed E-state index contributed by atoms with van der Waals surface area (Å²) in [6.45, 7) is 0. The second-order valence-corrected chi connectivity index (χ2v) is 7.04. The van der Waals surface area contributed by atoms with Crippen molar-refractivity contribution in [2.24, 2.45) is 5.10 Å². The van der Waals surface area contributed by atoms with Crippen LogP contribution < -0.4 is 11.3 Å². The predicted molar refractivity (Wildman–Crippen MR) is 116 cm³/mol. The lowest BCUT2D eigenvalue weighted by atomic mass is 10.0. The maximum Gasteiger partial charge on any atom is 0.178 e. The summed E-state index contributed by atoms with van der Waals surface area (Å²) < 4.78 is 28.8. The molecule has 3 heterocycles. The number of anilines is 1. The second-order valence-electron chi connectivity index (χ2n) is 7.04. The highest BCUT2D eigenvalue weighted by molar-refractivity contribution is 6.04. The quantitative estimate of drug-likeness (QED) is 0.617. The smallest absolute Gasteiger partial charge is 0.178 e. The maximum absolute atomic E-state index is 14.7. The fourth-order valence-corrected chi connectivity index (χ4v) is 3.48. The van der Waals surface area contributed by atoms with Gasteiger partial charge in [-0.1, -0.05) is 17.9 Å². The molecule has 158 valence electrons. The number of rotatable bonds is 3. The summed E-state index contributed by atoms with van der Waals surface area (Å²) in [5.41, 5.74) is 12.4. The van der Waals surface area contributed by atoms with E-state index in [1.54, 1.807) is 31.7 Å². The molecule has 32 heavy (non-hydrogen) atoms. The van der Waals surface area contributed by atoms with E-state index in [1.807, 2.05) is 18.2 Å². The van der Waals surface area contributed by atoms with E-state index in [9.17, 15) is 8.78 Å². The summed E-state index contributed by atoms with van der Waals surface area (Å²) in [6, 6.07) is 6.19. The van der Waals surface area contributed by atoms with Crippen LogP contribution >= 0.6 is 0 Å². The van der Waals surface area contributed by atoms with Gasteiger partial charge in [0.05, 0.1) is 16.6 Å². The Morgan fingerprint density at radius 2 is 1.88 bits per heavy atom. The minimum Gasteiger partial charge on any atom is -0.383 e. The topological polar surface area (TPSA) is 95.6 Å². The number of amidine groups is 1. The molecule has 1 unspecified atom stereocenters. The summed E-state index contributed by atoms with van der Waals surface area (Å²) in [5.74, 6) is 3.73. The molecule has 3 aromatic rings. The average molecular weight is 430 g/mol. The fraction of sp³-hybridized carbons (Fsp3) is 0.0909. The van der Waals surface area contributed by atoms with Crippen LogP contribution in [0, 0.1) is 11.8 Å². The van der Waals surface area contributed by atoms with Gasteiger partial charge < -0.3 is 5.73 Å². The Balaban J connectivity index is 1.58. The van der Waals surface area contributed by atoms with E-state index in [1.165, 1.54) is 16.2 Å². The Morgan fingerprint density at radius 3 is 2.72 bits per heavy atom. The van der Waals surface area contributed by atoms with Crippen molar-refractivity contribution in [3.63, 3.8) is 0 Å². The minimum absolute atomic E-state index is 0.180. The van der Waals surface area contributed by atoms with E-state index in [2.05, 4.69) is 37.4 Å². The van der Waals surface area contributed by atoms with Gasteiger partial charge in [-0.25, -0.2) is 24.3 Å². The van der Waals surface area contributed by atoms with Gasteiger partial charge in [0.25, 0.3) is 0 Å². The van der Waals surface area contributed by atoms with Crippen LogP contribution in [0.2, 0.25) is 0 Å². The standard InChI is InChI=1S/C22H16F2N8/c1-31-30-29-22(32(31)19-5-3-2-4-16(23)20(19)24)15-10-14(12-28-21(15)25)13-6-7-17-18(11-13)27-9-8-26-17/h2,4,6-12,19,30H,1H3,(H2,25,28). The van der Waals surface area contributed by atoms with Crippen molar-refractivity contribution in [1.82, 2.24) is 30.6 Å². The zero-order chi connectivity index (χ0) is 22.2. The lowest BCUT2D eigenvalue weighted by molar-refractivity contribution is 0.0322. The van der Waals surface area contributed by atoms with Crippen molar-refractivity contribution >= 4 is 22.7 Å². The molecule has 1 atom stereocenters. The highest BCUT2D eigenvalue weighted by atomic mass is 19.2. The van der Waals surface area contributed by atoms with Crippen LogP contribution in [0.4, 0.5) is 14.6 Å². The van der Waals surface area contributed by atoms with E-state index in [-0.39, 0.29) is 11.7 Å². The van der Waals surface area contributed by atoms with Gasteiger partial charge in [-0.05, 0) is 35.9 Å². The van der Waals surface area contributed by atoms with Crippen LogP contribution in [-0.2, 0) is 0 Å². The van der Waals surface area contributed by atoms with E-state index >= 15 is 0 Å². The number of hydrazine groups is 2. The Morgan fingerprint density at radius 1 is 1.06 bits per heavy atom. The zero-order valence-electron chi connectivity index (χ0n) is 16.8. The van der Waals surface area contributed by atoms with Crippen molar-refractivity contribution in [2.45, 2.75) is 6.04 Å². The molecule has 2 aromatic heterocycles. The maximum atomic E-state index is 14.7. The number of aromatic nitrogens is 3. The molecule has 2 aliphatic rings. The number of hydrogen-bond donors (Lipinski definition) is 2. The first-order valence-electron chi connectivity index (χ1n) is 9.59. The van der Waals surface area contributed by atoms with E-state index in [0.717, 1.165) is 28.2 Å². The van der Waals surface area contributed by atoms with Gasteiger partial charge in [-0.2, -0.15) is 0 Å². The third-order valence-electron chi connectivity index (χ3n) is 5.05. The molecule has 5 rings (SSSR count). The molecule has 0 fully saturated rings. The van der Waals surface area contributed by atoms with Gasteiger partial charge in [0, 0.05) is 31.2 Å². The zero-order valence-corrected chi connectivity index (χ0v) is 16.8. The molecule has 0 saturated carbocycles. The van der Waals surface area contributed by atoms with Gasteiger partial charge in [-0.3, -0.25) is 9.97 Å².